The number of rotatable bonds is 3. The number of nitrogens with one attached hydrogen (secondary N) is 1. The van der Waals surface area contributed by atoms with E-state index in [1.165, 1.54) is 12.5 Å². The molecule has 0 amide bonds. The molecule has 1 saturated heterocycles. The third-order valence-electron chi connectivity index (χ3n) is 3.61. The second-order valence-corrected chi connectivity index (χ2v) is 4.98. The number of imidazole rings is 1. The summed E-state index contributed by atoms with van der Waals surface area (Å²) in [6, 6.07) is 2.32. The normalized spacial score (nSPS) is 15.3. The van der Waals surface area contributed by atoms with Gasteiger partial charge in [0, 0.05) is 19.2 Å². The van der Waals surface area contributed by atoms with E-state index in [4.69, 9.17) is 0 Å². The highest BCUT2D eigenvalue weighted by atomic mass is 16.6. The van der Waals surface area contributed by atoms with Gasteiger partial charge in [0.2, 0.25) is 5.95 Å². The zero-order chi connectivity index (χ0) is 15.0. The van der Waals surface area contributed by atoms with Crippen LogP contribution in [0, 0.1) is 20.2 Å². The van der Waals surface area contributed by atoms with E-state index >= 15 is 0 Å². The number of hydrogen-bond acceptors (Lipinski definition) is 6. The summed E-state index contributed by atoms with van der Waals surface area (Å²) in [5, 5.41) is 21.9. The largest absolute Gasteiger partial charge is 0.348 e. The molecule has 1 aliphatic rings. The second kappa shape index (κ2) is 5.00. The van der Waals surface area contributed by atoms with Crippen molar-refractivity contribution in [1.29, 1.82) is 0 Å². The molecule has 1 aromatic carbocycles. The van der Waals surface area contributed by atoms with Gasteiger partial charge >= 0.3 is 11.4 Å². The Balaban J connectivity index is 2.08. The molecule has 1 N–H and O–H groups in total. The molecule has 21 heavy (non-hydrogen) atoms. The molecule has 0 unspecified atom stereocenters. The molecule has 0 bridgehead atoms. The number of nitrogens with zero attached hydrogens (tertiary/aromatic N) is 4. The molecule has 0 atom stereocenters. The summed E-state index contributed by atoms with van der Waals surface area (Å²) in [7, 11) is 0. The number of hydrogen-bond donors (Lipinski definition) is 1. The van der Waals surface area contributed by atoms with Gasteiger partial charge in [-0.05, 0) is 19.3 Å². The van der Waals surface area contributed by atoms with Crippen LogP contribution in [-0.4, -0.2) is 32.9 Å². The fourth-order valence-electron chi connectivity index (χ4n) is 2.57. The number of anilines is 1. The molecule has 0 spiro atoms. The topological polar surface area (TPSA) is 118 Å². The molecule has 0 saturated carbocycles. The van der Waals surface area contributed by atoms with Crippen molar-refractivity contribution in [2.45, 2.75) is 19.3 Å². The standard InChI is InChI=1S/C12H13N5O4/c18-16(19)10-6-8-9(7-11(10)17(20)21)14-12(13-8)15-4-2-1-3-5-15/h6-7H,1-5H2,(H,13,14). The molecule has 2 aromatic rings. The Kier molecular flexibility index (Phi) is 3.16. The molecule has 1 aliphatic heterocycles. The summed E-state index contributed by atoms with van der Waals surface area (Å²) >= 11 is 0. The van der Waals surface area contributed by atoms with E-state index in [1.54, 1.807) is 0 Å². The molecular formula is C12H13N5O4. The van der Waals surface area contributed by atoms with Crippen molar-refractivity contribution >= 4 is 28.4 Å². The Morgan fingerprint density at radius 3 is 2.29 bits per heavy atom. The van der Waals surface area contributed by atoms with Crippen LogP contribution in [0.1, 0.15) is 19.3 Å². The highest BCUT2D eigenvalue weighted by molar-refractivity contribution is 5.84. The van der Waals surface area contributed by atoms with Crippen LogP contribution in [0.25, 0.3) is 11.0 Å². The summed E-state index contributed by atoms with van der Waals surface area (Å²) in [6.45, 7) is 1.73. The van der Waals surface area contributed by atoms with Crippen molar-refractivity contribution in [2.24, 2.45) is 0 Å². The minimum Gasteiger partial charge on any atom is -0.342 e. The fraction of sp³-hybridized carbons (Fsp3) is 0.417. The Labute approximate surface area is 118 Å². The highest BCUT2D eigenvalue weighted by Crippen LogP contribution is 2.32. The molecule has 2 heterocycles. The van der Waals surface area contributed by atoms with Crippen molar-refractivity contribution in [3.05, 3.63) is 32.4 Å². The molecule has 0 aliphatic carbocycles. The zero-order valence-corrected chi connectivity index (χ0v) is 11.1. The zero-order valence-electron chi connectivity index (χ0n) is 11.1. The summed E-state index contributed by atoms with van der Waals surface area (Å²) in [5.74, 6) is 0.611. The monoisotopic (exact) mass is 291 g/mol. The predicted molar refractivity (Wildman–Crippen MR) is 75.5 cm³/mol. The molecule has 3 rings (SSSR count). The SMILES string of the molecule is O=[N+]([O-])c1cc2nc(N3CCCCC3)[nH]c2cc1[N+](=O)[O-]. The number of H-pyrrole nitrogens is 1. The molecule has 110 valence electrons. The lowest BCUT2D eigenvalue weighted by Gasteiger charge is -2.25. The third kappa shape index (κ3) is 2.37. The molecular weight excluding hydrogens is 278 g/mol. The van der Waals surface area contributed by atoms with E-state index in [2.05, 4.69) is 14.9 Å². The first kappa shape index (κ1) is 13.3. The summed E-state index contributed by atoms with van der Waals surface area (Å²) in [5.41, 5.74) is -0.258. The number of aromatic amines is 1. The van der Waals surface area contributed by atoms with Gasteiger partial charge in [-0.2, -0.15) is 0 Å². The van der Waals surface area contributed by atoms with E-state index in [-0.39, 0.29) is 0 Å². The van der Waals surface area contributed by atoms with Crippen LogP contribution in [-0.2, 0) is 0 Å². The first-order valence-corrected chi connectivity index (χ1v) is 6.64. The highest BCUT2D eigenvalue weighted by Gasteiger charge is 2.26. The lowest BCUT2D eigenvalue weighted by molar-refractivity contribution is -0.422. The lowest BCUT2D eigenvalue weighted by atomic mass is 10.1. The molecule has 9 heteroatoms. The maximum atomic E-state index is 10.9. The summed E-state index contributed by atoms with van der Waals surface area (Å²) in [6.07, 6.45) is 3.31. The molecule has 0 radical (unpaired) electrons. The quantitative estimate of drug-likeness (QED) is 0.685. The van der Waals surface area contributed by atoms with E-state index < -0.39 is 21.2 Å². The maximum absolute atomic E-state index is 10.9. The van der Waals surface area contributed by atoms with Gasteiger partial charge in [0.05, 0.1) is 26.9 Å². The number of piperidine rings is 1. The van der Waals surface area contributed by atoms with E-state index in [0.29, 0.717) is 17.0 Å². The van der Waals surface area contributed by atoms with Gasteiger partial charge in [-0.3, -0.25) is 20.2 Å². The Bertz CT molecular complexity index is 669. The van der Waals surface area contributed by atoms with Gasteiger partial charge in [0.1, 0.15) is 0 Å². The maximum Gasteiger partial charge on any atom is 0.348 e. The average molecular weight is 291 g/mol. The van der Waals surface area contributed by atoms with E-state index in [9.17, 15) is 20.2 Å². The van der Waals surface area contributed by atoms with Crippen molar-refractivity contribution in [3.63, 3.8) is 0 Å². The number of benzene rings is 1. The van der Waals surface area contributed by atoms with Gasteiger partial charge in [0.15, 0.2) is 0 Å². The Morgan fingerprint density at radius 1 is 1.05 bits per heavy atom. The van der Waals surface area contributed by atoms with Crippen molar-refractivity contribution in [3.8, 4) is 0 Å². The third-order valence-corrected chi connectivity index (χ3v) is 3.61. The average Bonchev–Trinajstić information content (AvgIpc) is 2.89. The summed E-state index contributed by atoms with van der Waals surface area (Å²) in [4.78, 5) is 29.8. The van der Waals surface area contributed by atoms with Gasteiger partial charge in [-0.15, -0.1) is 0 Å². The number of aromatic nitrogens is 2. The minimum absolute atomic E-state index is 0.368. The van der Waals surface area contributed by atoms with Gasteiger partial charge in [0.25, 0.3) is 0 Å². The Morgan fingerprint density at radius 2 is 1.67 bits per heavy atom. The van der Waals surface area contributed by atoms with E-state index in [0.717, 1.165) is 32.0 Å². The van der Waals surface area contributed by atoms with Crippen molar-refractivity contribution < 1.29 is 9.85 Å². The van der Waals surface area contributed by atoms with Gasteiger partial charge in [-0.1, -0.05) is 0 Å². The molecule has 1 fully saturated rings. The van der Waals surface area contributed by atoms with Crippen LogP contribution in [0.3, 0.4) is 0 Å². The summed E-state index contributed by atoms with van der Waals surface area (Å²) < 4.78 is 0. The van der Waals surface area contributed by atoms with Crippen LogP contribution >= 0.6 is 0 Å². The lowest BCUT2D eigenvalue weighted by Crippen LogP contribution is -2.30. The fourth-order valence-corrected chi connectivity index (χ4v) is 2.57. The Hall–Kier alpha value is -2.71. The minimum atomic E-state index is -0.757. The molecule has 1 aromatic heterocycles. The predicted octanol–water partition coefficient (Wildman–Crippen LogP) is 2.37. The van der Waals surface area contributed by atoms with Crippen molar-refractivity contribution in [1.82, 2.24) is 9.97 Å². The van der Waals surface area contributed by atoms with Gasteiger partial charge in [-0.25, -0.2) is 4.98 Å². The van der Waals surface area contributed by atoms with Crippen LogP contribution < -0.4 is 4.90 Å². The number of nitro benzene ring substituents is 2. The van der Waals surface area contributed by atoms with E-state index in [1.807, 2.05) is 0 Å². The number of fused-ring (bicyclic) bond motifs is 1. The van der Waals surface area contributed by atoms with Crippen LogP contribution in [0.2, 0.25) is 0 Å². The van der Waals surface area contributed by atoms with Crippen LogP contribution in [0.4, 0.5) is 17.3 Å². The number of nitro groups is 2. The second-order valence-electron chi connectivity index (χ2n) is 4.98. The smallest absolute Gasteiger partial charge is 0.342 e. The van der Waals surface area contributed by atoms with Gasteiger partial charge < -0.3 is 9.88 Å². The molecule has 9 nitrogen and oxygen atoms in total. The van der Waals surface area contributed by atoms with Crippen molar-refractivity contribution in [2.75, 3.05) is 18.0 Å². The van der Waals surface area contributed by atoms with Crippen LogP contribution in [0.5, 0.6) is 0 Å². The first-order valence-electron chi connectivity index (χ1n) is 6.64. The van der Waals surface area contributed by atoms with Crippen LogP contribution in [0.15, 0.2) is 12.1 Å². The first-order chi connectivity index (χ1) is 10.1.